The van der Waals surface area contributed by atoms with E-state index in [1.54, 1.807) is 12.1 Å². The minimum absolute atomic E-state index is 0.00247. The molecule has 0 aliphatic carbocycles. The molecule has 3 nitrogen and oxygen atoms in total. The molecule has 1 aliphatic heterocycles. The highest BCUT2D eigenvalue weighted by Crippen LogP contribution is 2.41. The van der Waals surface area contributed by atoms with Crippen molar-refractivity contribution in [2.75, 3.05) is 10.2 Å². The van der Waals surface area contributed by atoms with E-state index in [4.69, 9.17) is 0 Å². The van der Waals surface area contributed by atoms with Gasteiger partial charge >= 0.3 is 0 Å². The quantitative estimate of drug-likeness (QED) is 0.594. The maximum Gasteiger partial charge on any atom is 0.258 e. The smallest absolute Gasteiger partial charge is 0.258 e. The monoisotopic (exact) mass is 388 g/mol. The van der Waals surface area contributed by atoms with Crippen molar-refractivity contribution in [3.63, 3.8) is 0 Å². The van der Waals surface area contributed by atoms with Gasteiger partial charge in [0.15, 0.2) is 0 Å². The van der Waals surface area contributed by atoms with Crippen molar-refractivity contribution < 1.29 is 9.18 Å². The summed E-state index contributed by atoms with van der Waals surface area (Å²) < 4.78 is 13.3. The van der Waals surface area contributed by atoms with Crippen LogP contribution in [0.1, 0.15) is 46.4 Å². The minimum atomic E-state index is -0.340. The van der Waals surface area contributed by atoms with Crippen molar-refractivity contribution in [3.8, 4) is 0 Å². The van der Waals surface area contributed by atoms with E-state index in [1.165, 1.54) is 17.7 Å². The van der Waals surface area contributed by atoms with E-state index < -0.39 is 0 Å². The van der Waals surface area contributed by atoms with Crippen LogP contribution >= 0.6 is 0 Å². The van der Waals surface area contributed by atoms with Gasteiger partial charge in [0.25, 0.3) is 5.91 Å². The molecule has 0 bridgehead atoms. The van der Waals surface area contributed by atoms with E-state index in [1.807, 2.05) is 36.1 Å². The molecule has 2 atom stereocenters. The summed E-state index contributed by atoms with van der Waals surface area (Å²) in [7, 11) is 0. The molecule has 29 heavy (non-hydrogen) atoms. The second-order valence-corrected chi connectivity index (χ2v) is 7.79. The molecule has 1 heterocycles. The lowest BCUT2D eigenvalue weighted by atomic mass is 9.88. The minimum Gasteiger partial charge on any atom is -0.378 e. The molecule has 1 aliphatic rings. The summed E-state index contributed by atoms with van der Waals surface area (Å²) >= 11 is 0. The molecule has 0 fully saturated rings. The van der Waals surface area contributed by atoms with E-state index >= 15 is 0 Å². The summed E-state index contributed by atoms with van der Waals surface area (Å²) in [5.74, 6) is -0.435. The third kappa shape index (κ3) is 3.63. The van der Waals surface area contributed by atoms with E-state index in [0.29, 0.717) is 5.56 Å². The number of carbonyl (C=O) groups is 1. The van der Waals surface area contributed by atoms with Crippen LogP contribution in [0.2, 0.25) is 0 Å². The first-order valence-corrected chi connectivity index (χ1v) is 9.96. The molecular formula is C25H25FN2O. The molecule has 0 aromatic heterocycles. The summed E-state index contributed by atoms with van der Waals surface area (Å²) in [6.07, 6.45) is 0.789. The van der Waals surface area contributed by atoms with Crippen molar-refractivity contribution in [3.05, 3.63) is 94.8 Å². The first-order chi connectivity index (χ1) is 14.0. The van der Waals surface area contributed by atoms with Gasteiger partial charge in [-0.15, -0.1) is 0 Å². The van der Waals surface area contributed by atoms with Gasteiger partial charge in [-0.3, -0.25) is 4.79 Å². The predicted molar refractivity (Wildman–Crippen MR) is 116 cm³/mol. The molecule has 1 amide bonds. The number of rotatable bonds is 3. The molecule has 148 valence electrons. The Morgan fingerprint density at radius 2 is 1.66 bits per heavy atom. The second kappa shape index (κ2) is 7.70. The number of nitrogens with zero attached hydrogens (tertiary/aromatic N) is 1. The van der Waals surface area contributed by atoms with Crippen LogP contribution in [0.15, 0.2) is 66.7 Å². The highest BCUT2D eigenvalue weighted by atomic mass is 19.1. The van der Waals surface area contributed by atoms with Gasteiger partial charge in [-0.2, -0.15) is 0 Å². The zero-order chi connectivity index (χ0) is 20.5. The molecular weight excluding hydrogens is 363 g/mol. The van der Waals surface area contributed by atoms with Crippen molar-refractivity contribution in [2.45, 2.75) is 39.3 Å². The SMILES string of the molecule is Cc1ccccc1N[C@@H]1C[C@H](C)N(C(=O)c2ccc(F)cc2)c2c(C)cccc21. The molecule has 4 rings (SSSR count). The Morgan fingerprint density at radius 3 is 2.38 bits per heavy atom. The Hall–Kier alpha value is -3.14. The number of nitrogens with one attached hydrogen (secondary N) is 1. The Bertz CT molecular complexity index is 1040. The van der Waals surface area contributed by atoms with Gasteiger partial charge in [-0.25, -0.2) is 4.39 Å². The highest BCUT2D eigenvalue weighted by Gasteiger charge is 2.35. The van der Waals surface area contributed by atoms with Crippen molar-refractivity contribution in [2.24, 2.45) is 0 Å². The Kier molecular flexibility index (Phi) is 5.10. The van der Waals surface area contributed by atoms with E-state index in [-0.39, 0.29) is 23.8 Å². The maximum absolute atomic E-state index is 13.3. The summed E-state index contributed by atoms with van der Waals surface area (Å²) in [4.78, 5) is 15.2. The second-order valence-electron chi connectivity index (χ2n) is 7.79. The third-order valence-corrected chi connectivity index (χ3v) is 5.69. The normalized spacial score (nSPS) is 18.3. The summed E-state index contributed by atoms with van der Waals surface area (Å²) in [5.41, 5.74) is 5.92. The number of halogens is 1. The number of carbonyl (C=O) groups excluding carboxylic acids is 1. The summed E-state index contributed by atoms with van der Waals surface area (Å²) in [6.45, 7) is 6.20. The molecule has 0 saturated heterocycles. The molecule has 0 unspecified atom stereocenters. The molecule has 3 aromatic rings. The predicted octanol–water partition coefficient (Wildman–Crippen LogP) is 6.03. The maximum atomic E-state index is 13.3. The Morgan fingerprint density at radius 1 is 0.966 bits per heavy atom. The fourth-order valence-corrected chi connectivity index (χ4v) is 4.18. The standard InChI is InChI=1S/C25H25FN2O/c1-16-7-4-5-10-22(16)27-23-15-18(3)28(24-17(2)8-6-9-21(23)24)25(29)19-11-13-20(26)14-12-19/h4-14,18,23,27H,15H2,1-3H3/t18-,23+/m0/s1. The van der Waals surface area contributed by atoms with Crippen LogP contribution in [0, 0.1) is 19.7 Å². The van der Waals surface area contributed by atoms with Gasteiger partial charge in [0.1, 0.15) is 5.82 Å². The van der Waals surface area contributed by atoms with Crippen molar-refractivity contribution in [1.29, 1.82) is 0 Å². The first-order valence-electron chi connectivity index (χ1n) is 9.96. The van der Waals surface area contributed by atoms with Crippen LogP contribution in [-0.2, 0) is 0 Å². The van der Waals surface area contributed by atoms with E-state index in [2.05, 4.69) is 37.4 Å². The number of amides is 1. The number of fused-ring (bicyclic) bond motifs is 1. The molecule has 3 aromatic carbocycles. The van der Waals surface area contributed by atoms with Crippen LogP contribution in [0.5, 0.6) is 0 Å². The van der Waals surface area contributed by atoms with Crippen LogP contribution in [0.25, 0.3) is 0 Å². The van der Waals surface area contributed by atoms with Crippen LogP contribution in [-0.4, -0.2) is 11.9 Å². The Labute approximate surface area is 171 Å². The van der Waals surface area contributed by atoms with Crippen LogP contribution in [0.3, 0.4) is 0 Å². The first kappa shape index (κ1) is 19.2. The topological polar surface area (TPSA) is 32.3 Å². The summed E-state index contributed by atoms with van der Waals surface area (Å²) in [6, 6.07) is 20.3. The van der Waals surface area contributed by atoms with E-state index in [0.717, 1.165) is 28.9 Å². The lowest BCUT2D eigenvalue weighted by Gasteiger charge is -2.41. The molecule has 4 heteroatoms. The van der Waals surface area contributed by atoms with Gasteiger partial charge in [0, 0.05) is 17.3 Å². The fourth-order valence-electron chi connectivity index (χ4n) is 4.18. The number of aryl methyl sites for hydroxylation is 2. The molecule has 0 spiro atoms. The van der Waals surface area contributed by atoms with Gasteiger partial charge < -0.3 is 10.2 Å². The average molecular weight is 388 g/mol. The molecule has 0 saturated carbocycles. The van der Waals surface area contributed by atoms with Crippen LogP contribution < -0.4 is 10.2 Å². The Balaban J connectivity index is 1.74. The number of hydrogen-bond donors (Lipinski definition) is 1. The molecule has 1 N–H and O–H groups in total. The lowest BCUT2D eigenvalue weighted by molar-refractivity contribution is 0.0974. The third-order valence-electron chi connectivity index (χ3n) is 5.69. The van der Waals surface area contributed by atoms with E-state index in [9.17, 15) is 9.18 Å². The fraction of sp³-hybridized carbons (Fsp3) is 0.240. The lowest BCUT2D eigenvalue weighted by Crippen LogP contribution is -2.44. The van der Waals surface area contributed by atoms with Gasteiger partial charge in [0.2, 0.25) is 0 Å². The zero-order valence-corrected chi connectivity index (χ0v) is 16.9. The zero-order valence-electron chi connectivity index (χ0n) is 16.9. The molecule has 0 radical (unpaired) electrons. The number of anilines is 2. The summed E-state index contributed by atoms with van der Waals surface area (Å²) in [5, 5.41) is 3.68. The average Bonchev–Trinajstić information content (AvgIpc) is 2.70. The largest absolute Gasteiger partial charge is 0.378 e. The number of benzene rings is 3. The van der Waals surface area contributed by atoms with Gasteiger partial charge in [-0.1, -0.05) is 36.4 Å². The van der Waals surface area contributed by atoms with Crippen molar-refractivity contribution in [1.82, 2.24) is 0 Å². The number of para-hydroxylation sites is 2. The van der Waals surface area contributed by atoms with Gasteiger partial charge in [0.05, 0.1) is 11.7 Å². The number of hydrogen-bond acceptors (Lipinski definition) is 2. The highest BCUT2D eigenvalue weighted by molar-refractivity contribution is 6.07. The van der Waals surface area contributed by atoms with Crippen molar-refractivity contribution >= 4 is 17.3 Å². The van der Waals surface area contributed by atoms with Gasteiger partial charge in [-0.05, 0) is 74.2 Å². The van der Waals surface area contributed by atoms with Crippen LogP contribution in [0.4, 0.5) is 15.8 Å².